The number of ether oxygens (including phenoxy) is 1. The number of nitrogens with one attached hydrogen (secondary N) is 1. The van der Waals surface area contributed by atoms with Crippen molar-refractivity contribution in [2.75, 3.05) is 16.5 Å². The van der Waals surface area contributed by atoms with Gasteiger partial charge in [0.2, 0.25) is 0 Å². The molecule has 196 valence electrons. The first-order valence-corrected chi connectivity index (χ1v) is 13.8. The van der Waals surface area contributed by atoms with Gasteiger partial charge >= 0.3 is 6.09 Å². The quantitative estimate of drug-likeness (QED) is 0.330. The predicted octanol–water partition coefficient (Wildman–Crippen LogP) is 5.55. The second-order valence-electron chi connectivity index (χ2n) is 9.62. The van der Waals surface area contributed by atoms with Crippen molar-refractivity contribution >= 4 is 33.3 Å². The van der Waals surface area contributed by atoms with E-state index in [9.17, 15) is 13.2 Å². The van der Waals surface area contributed by atoms with Crippen LogP contribution >= 0.6 is 0 Å². The summed E-state index contributed by atoms with van der Waals surface area (Å²) in [4.78, 5) is 27.8. The molecular weight excluding hydrogens is 502 g/mol. The lowest BCUT2D eigenvalue weighted by atomic mass is 9.99. The Hall–Kier alpha value is -4.31. The van der Waals surface area contributed by atoms with Gasteiger partial charge in [0, 0.05) is 36.7 Å². The summed E-state index contributed by atoms with van der Waals surface area (Å²) < 4.78 is 30.2. The van der Waals surface area contributed by atoms with Crippen LogP contribution < -0.4 is 10.2 Å². The minimum atomic E-state index is -3.48. The highest BCUT2D eigenvalue weighted by Crippen LogP contribution is 2.39. The summed E-state index contributed by atoms with van der Waals surface area (Å²) in [5.74, 6) is 0.735. The van der Waals surface area contributed by atoms with Crippen molar-refractivity contribution in [1.29, 1.82) is 0 Å². The van der Waals surface area contributed by atoms with E-state index in [0.29, 0.717) is 11.5 Å². The average Bonchev–Trinajstić information content (AvgIpc) is 2.87. The number of hydrogen-bond acceptors (Lipinski definition) is 8. The molecule has 0 fully saturated rings. The van der Waals surface area contributed by atoms with Gasteiger partial charge in [-0.1, -0.05) is 24.3 Å². The molecule has 0 radical (unpaired) electrons. The molecule has 4 rings (SSSR count). The maximum Gasteiger partial charge on any atom is 0.413 e. The number of rotatable bonds is 7. The van der Waals surface area contributed by atoms with E-state index >= 15 is 0 Å². The number of hydrogen-bond donors (Lipinski definition) is 1. The van der Waals surface area contributed by atoms with Crippen molar-refractivity contribution < 1.29 is 17.9 Å². The molecule has 0 aliphatic heterocycles. The fourth-order valence-electron chi connectivity index (χ4n) is 3.88. The molecule has 0 spiro atoms. The maximum atomic E-state index is 12.4. The molecule has 0 bridgehead atoms. The molecule has 0 unspecified atom stereocenters. The van der Waals surface area contributed by atoms with Crippen LogP contribution in [-0.4, -0.2) is 41.3 Å². The van der Waals surface area contributed by atoms with Gasteiger partial charge in [-0.2, -0.15) is 0 Å². The Labute approximate surface area is 222 Å². The smallest absolute Gasteiger partial charge is 0.413 e. The Morgan fingerprint density at radius 3 is 2.11 bits per heavy atom. The number of amides is 1. The fraction of sp³-hybridized carbons (Fsp3) is 0.214. The number of carbonyl (C=O) groups excluding carboxylic acids is 1. The van der Waals surface area contributed by atoms with Gasteiger partial charge in [0.25, 0.3) is 0 Å². The molecule has 0 atom stereocenters. The van der Waals surface area contributed by atoms with Crippen LogP contribution in [0.3, 0.4) is 0 Å². The molecule has 1 N–H and O–H groups in total. The summed E-state index contributed by atoms with van der Waals surface area (Å²) in [5.41, 5.74) is 1.56. The zero-order valence-electron chi connectivity index (χ0n) is 21.6. The van der Waals surface area contributed by atoms with Gasteiger partial charge in [-0.3, -0.25) is 15.3 Å². The summed E-state index contributed by atoms with van der Waals surface area (Å²) in [6.45, 7) is 5.33. The Morgan fingerprint density at radius 1 is 0.921 bits per heavy atom. The van der Waals surface area contributed by atoms with E-state index in [2.05, 4.69) is 15.3 Å². The van der Waals surface area contributed by atoms with Crippen molar-refractivity contribution in [2.45, 2.75) is 37.3 Å². The molecule has 3 heterocycles. The molecule has 3 aromatic heterocycles. The van der Waals surface area contributed by atoms with Crippen LogP contribution in [0.15, 0.2) is 96.4 Å². The number of pyridine rings is 3. The number of benzene rings is 1. The second-order valence-corrected chi connectivity index (χ2v) is 11.6. The Morgan fingerprint density at radius 2 is 1.55 bits per heavy atom. The van der Waals surface area contributed by atoms with Crippen molar-refractivity contribution in [3.05, 3.63) is 103 Å². The molecule has 0 aliphatic carbocycles. The molecule has 0 saturated carbocycles. The molecule has 0 aliphatic rings. The summed E-state index contributed by atoms with van der Waals surface area (Å²) in [6.07, 6.45) is 7.38. The highest BCUT2D eigenvalue weighted by molar-refractivity contribution is 7.90. The number of anilines is 3. The van der Waals surface area contributed by atoms with Crippen LogP contribution in [-0.2, 0) is 14.6 Å². The van der Waals surface area contributed by atoms with E-state index in [1.54, 1.807) is 82.0 Å². The van der Waals surface area contributed by atoms with E-state index in [1.807, 2.05) is 35.2 Å². The van der Waals surface area contributed by atoms with Gasteiger partial charge in [0.15, 0.2) is 9.84 Å². The Bertz CT molecular complexity index is 1470. The first kappa shape index (κ1) is 26.7. The fourth-order valence-corrected chi connectivity index (χ4v) is 4.54. The molecule has 4 aromatic rings. The first-order chi connectivity index (χ1) is 18.0. The molecule has 0 saturated heterocycles. The van der Waals surface area contributed by atoms with E-state index in [-0.39, 0.29) is 10.7 Å². The zero-order valence-corrected chi connectivity index (χ0v) is 22.4. The normalized spacial score (nSPS) is 11.7. The van der Waals surface area contributed by atoms with Gasteiger partial charge in [-0.05, 0) is 74.4 Å². The first-order valence-electron chi connectivity index (χ1n) is 11.9. The molecular formula is C28H29N5O4S. The van der Waals surface area contributed by atoms with Gasteiger partial charge in [0.1, 0.15) is 17.2 Å². The molecule has 1 amide bonds. The lowest BCUT2D eigenvalue weighted by Crippen LogP contribution is -2.28. The van der Waals surface area contributed by atoms with E-state index in [1.165, 1.54) is 6.26 Å². The largest absolute Gasteiger partial charge is 0.444 e. The van der Waals surface area contributed by atoms with Crippen molar-refractivity contribution in [3.8, 4) is 0 Å². The minimum absolute atomic E-state index is 0.166. The standard InChI is InChI=1S/C28H29N5O4S/c1-28(2,3)37-27(34)32-24-13-6-14-25(31-24)33(22-11-5-12-23(17-22)38(4,35)36)26(20-9-7-15-29-18-20)21-10-8-16-30-19-21/h5-19,26H,1-4H3,(H,31,32,34). The van der Waals surface area contributed by atoms with Crippen molar-refractivity contribution in [1.82, 2.24) is 15.0 Å². The predicted molar refractivity (Wildman–Crippen MR) is 146 cm³/mol. The third-order valence-corrected chi connectivity index (χ3v) is 6.50. The van der Waals surface area contributed by atoms with Gasteiger partial charge in [-0.25, -0.2) is 18.2 Å². The van der Waals surface area contributed by atoms with Crippen LogP contribution in [0, 0.1) is 0 Å². The van der Waals surface area contributed by atoms with E-state index in [0.717, 1.165) is 11.1 Å². The van der Waals surface area contributed by atoms with Gasteiger partial charge in [-0.15, -0.1) is 0 Å². The van der Waals surface area contributed by atoms with Gasteiger partial charge in [0.05, 0.1) is 10.9 Å². The monoisotopic (exact) mass is 531 g/mol. The summed E-state index contributed by atoms with van der Waals surface area (Å²) in [5, 5.41) is 2.68. The number of sulfone groups is 1. The average molecular weight is 532 g/mol. The minimum Gasteiger partial charge on any atom is -0.444 e. The maximum absolute atomic E-state index is 12.4. The van der Waals surface area contributed by atoms with Crippen LogP contribution in [0.4, 0.5) is 22.1 Å². The molecule has 10 heteroatoms. The number of aromatic nitrogens is 3. The summed E-state index contributed by atoms with van der Waals surface area (Å²) >= 11 is 0. The van der Waals surface area contributed by atoms with Crippen LogP contribution in [0.1, 0.15) is 37.9 Å². The summed E-state index contributed by atoms with van der Waals surface area (Å²) in [6, 6.07) is 18.9. The highest BCUT2D eigenvalue weighted by Gasteiger charge is 2.27. The highest BCUT2D eigenvalue weighted by atomic mass is 32.2. The van der Waals surface area contributed by atoms with Crippen LogP contribution in [0.25, 0.3) is 0 Å². The molecule has 38 heavy (non-hydrogen) atoms. The second kappa shape index (κ2) is 11.0. The van der Waals surface area contributed by atoms with Crippen molar-refractivity contribution in [3.63, 3.8) is 0 Å². The lowest BCUT2D eigenvalue weighted by molar-refractivity contribution is 0.0635. The van der Waals surface area contributed by atoms with Crippen LogP contribution in [0.2, 0.25) is 0 Å². The van der Waals surface area contributed by atoms with E-state index < -0.39 is 27.6 Å². The van der Waals surface area contributed by atoms with Crippen LogP contribution in [0.5, 0.6) is 0 Å². The topological polar surface area (TPSA) is 114 Å². The third kappa shape index (κ3) is 6.71. The number of carbonyl (C=O) groups is 1. The number of nitrogens with zero attached hydrogens (tertiary/aromatic N) is 4. The zero-order chi connectivity index (χ0) is 27.3. The summed E-state index contributed by atoms with van der Waals surface area (Å²) in [7, 11) is -3.48. The third-order valence-electron chi connectivity index (χ3n) is 5.39. The SMILES string of the molecule is CC(C)(C)OC(=O)Nc1cccc(N(c2cccc(S(C)(=O)=O)c2)C(c2cccnc2)c2cccnc2)n1. The molecule has 9 nitrogen and oxygen atoms in total. The van der Waals surface area contributed by atoms with Crippen molar-refractivity contribution in [2.24, 2.45) is 0 Å². The Balaban J connectivity index is 1.89. The molecule has 1 aromatic carbocycles. The Kier molecular flexibility index (Phi) is 7.72. The van der Waals surface area contributed by atoms with Gasteiger partial charge < -0.3 is 9.64 Å². The van der Waals surface area contributed by atoms with E-state index in [4.69, 9.17) is 9.72 Å². The lowest BCUT2D eigenvalue weighted by Gasteiger charge is -2.33.